The van der Waals surface area contributed by atoms with Gasteiger partial charge in [-0.05, 0) is 33.0 Å². The van der Waals surface area contributed by atoms with Crippen LogP contribution in [0.15, 0.2) is 29.1 Å². The van der Waals surface area contributed by atoms with Gasteiger partial charge in [0.15, 0.2) is 0 Å². The number of benzene rings is 1. The van der Waals surface area contributed by atoms with Gasteiger partial charge in [-0.3, -0.25) is 4.79 Å². The van der Waals surface area contributed by atoms with Crippen LogP contribution < -0.4 is 5.56 Å². The summed E-state index contributed by atoms with van der Waals surface area (Å²) in [6, 6.07) is 8.17. The molecular formula is C16H21N3O. The van der Waals surface area contributed by atoms with Crippen LogP contribution in [0.3, 0.4) is 0 Å². The molecule has 2 aromatic rings. The Morgan fingerprint density at radius 1 is 1.20 bits per heavy atom. The smallest absolute Gasteiger partial charge is 0.254 e. The highest BCUT2D eigenvalue weighted by Gasteiger charge is 2.06. The molecule has 0 unspecified atom stereocenters. The Hall–Kier alpha value is -1.94. The minimum absolute atomic E-state index is 0.0673. The second-order valence-corrected chi connectivity index (χ2v) is 5.15. The van der Waals surface area contributed by atoms with Gasteiger partial charge in [0.2, 0.25) is 0 Å². The first-order chi connectivity index (χ1) is 9.51. The van der Waals surface area contributed by atoms with Crippen molar-refractivity contribution < 1.29 is 0 Å². The third-order valence-electron chi connectivity index (χ3n) is 3.61. The van der Waals surface area contributed by atoms with Crippen molar-refractivity contribution in [3.05, 3.63) is 51.4 Å². The molecular weight excluding hydrogens is 250 g/mol. The van der Waals surface area contributed by atoms with Gasteiger partial charge in [0.1, 0.15) is 5.82 Å². The molecule has 1 N–H and O–H groups in total. The van der Waals surface area contributed by atoms with Gasteiger partial charge in [0.05, 0.1) is 0 Å². The van der Waals surface area contributed by atoms with E-state index in [1.165, 1.54) is 5.56 Å². The average Bonchev–Trinajstić information content (AvgIpc) is 2.45. The summed E-state index contributed by atoms with van der Waals surface area (Å²) in [5, 5.41) is 0. The van der Waals surface area contributed by atoms with E-state index in [-0.39, 0.29) is 5.56 Å². The Labute approximate surface area is 119 Å². The summed E-state index contributed by atoms with van der Waals surface area (Å²) < 4.78 is 0. The fraction of sp³-hybridized carbons (Fsp3) is 0.375. The van der Waals surface area contributed by atoms with Crippen LogP contribution in [0, 0.1) is 13.8 Å². The van der Waals surface area contributed by atoms with Crippen LogP contribution in [-0.4, -0.2) is 28.5 Å². The molecule has 0 aliphatic carbocycles. The van der Waals surface area contributed by atoms with Gasteiger partial charge in [-0.2, -0.15) is 0 Å². The lowest BCUT2D eigenvalue weighted by Gasteiger charge is -2.13. The summed E-state index contributed by atoms with van der Waals surface area (Å²) in [6.07, 6.45) is 0. The fourth-order valence-corrected chi connectivity index (χ4v) is 1.97. The number of rotatable bonds is 4. The number of nitrogens with one attached hydrogen (secondary N) is 1. The molecule has 106 valence electrons. The monoisotopic (exact) mass is 271 g/mol. The Morgan fingerprint density at radius 2 is 1.85 bits per heavy atom. The lowest BCUT2D eigenvalue weighted by atomic mass is 10.1. The molecule has 0 saturated heterocycles. The van der Waals surface area contributed by atoms with Crippen LogP contribution in [0.1, 0.15) is 23.7 Å². The van der Waals surface area contributed by atoms with Crippen molar-refractivity contribution in [2.75, 3.05) is 13.6 Å². The van der Waals surface area contributed by atoms with E-state index in [1.807, 2.05) is 19.1 Å². The molecule has 0 saturated carbocycles. The highest BCUT2D eigenvalue weighted by Crippen LogP contribution is 2.16. The third kappa shape index (κ3) is 3.14. The number of aromatic nitrogens is 2. The highest BCUT2D eigenvalue weighted by atomic mass is 16.1. The quantitative estimate of drug-likeness (QED) is 0.929. The number of hydrogen-bond donors (Lipinski definition) is 1. The summed E-state index contributed by atoms with van der Waals surface area (Å²) in [5.41, 5.74) is 3.58. The Bertz CT molecular complexity index is 644. The van der Waals surface area contributed by atoms with Crippen molar-refractivity contribution in [2.45, 2.75) is 27.3 Å². The third-order valence-corrected chi connectivity index (χ3v) is 3.61. The van der Waals surface area contributed by atoms with Gasteiger partial charge in [-0.15, -0.1) is 0 Å². The summed E-state index contributed by atoms with van der Waals surface area (Å²) >= 11 is 0. The maximum Gasteiger partial charge on any atom is 0.254 e. The molecule has 0 radical (unpaired) electrons. The second-order valence-electron chi connectivity index (χ2n) is 5.15. The van der Waals surface area contributed by atoms with E-state index in [2.05, 4.69) is 41.0 Å². The van der Waals surface area contributed by atoms with Gasteiger partial charge in [-0.25, -0.2) is 4.98 Å². The summed E-state index contributed by atoms with van der Waals surface area (Å²) in [4.78, 5) is 21.3. The van der Waals surface area contributed by atoms with Gasteiger partial charge in [0.25, 0.3) is 5.56 Å². The van der Waals surface area contributed by atoms with Gasteiger partial charge in [-0.1, -0.05) is 31.2 Å². The van der Waals surface area contributed by atoms with Crippen LogP contribution in [0.2, 0.25) is 0 Å². The molecule has 1 aromatic heterocycles. The number of hydrogen-bond acceptors (Lipinski definition) is 3. The van der Waals surface area contributed by atoms with Crippen LogP contribution in [0.5, 0.6) is 0 Å². The highest BCUT2D eigenvalue weighted by molar-refractivity contribution is 5.55. The number of H-pyrrole nitrogens is 1. The van der Waals surface area contributed by atoms with Gasteiger partial charge < -0.3 is 9.88 Å². The Kier molecular flexibility index (Phi) is 4.35. The van der Waals surface area contributed by atoms with E-state index in [0.29, 0.717) is 11.4 Å². The van der Waals surface area contributed by atoms with E-state index >= 15 is 0 Å². The lowest BCUT2D eigenvalue weighted by molar-refractivity contribution is 0.346. The van der Waals surface area contributed by atoms with Crippen LogP contribution in [0.4, 0.5) is 0 Å². The molecule has 4 heteroatoms. The van der Waals surface area contributed by atoms with E-state index in [9.17, 15) is 4.79 Å². The van der Waals surface area contributed by atoms with Crippen LogP contribution in [0.25, 0.3) is 11.4 Å². The predicted octanol–water partition coefficient (Wildman–Crippen LogP) is 2.51. The Balaban J connectivity index is 2.28. The first kappa shape index (κ1) is 14.5. The lowest BCUT2D eigenvalue weighted by Crippen LogP contribution is -2.16. The molecule has 4 nitrogen and oxygen atoms in total. The van der Waals surface area contributed by atoms with E-state index in [0.717, 1.165) is 24.3 Å². The standard InChI is InChI=1S/C16H21N3O/c1-5-19(4)10-13-6-8-14(9-7-13)15-17-12(3)11(2)16(20)18-15/h6-9H,5,10H2,1-4H3,(H,17,18,20). The molecule has 0 amide bonds. The SMILES string of the molecule is CCN(C)Cc1ccc(-c2nc(C)c(C)c(=O)[nH]2)cc1. The number of aryl methyl sites for hydroxylation is 1. The topological polar surface area (TPSA) is 49.0 Å². The first-order valence-corrected chi connectivity index (χ1v) is 6.86. The molecule has 1 aromatic carbocycles. The average molecular weight is 271 g/mol. The maximum absolute atomic E-state index is 11.8. The summed E-state index contributed by atoms with van der Waals surface area (Å²) in [7, 11) is 2.09. The van der Waals surface area contributed by atoms with Gasteiger partial charge >= 0.3 is 0 Å². The first-order valence-electron chi connectivity index (χ1n) is 6.86. The second kappa shape index (κ2) is 6.01. The molecule has 0 aliphatic heterocycles. The largest absolute Gasteiger partial charge is 0.306 e. The summed E-state index contributed by atoms with van der Waals surface area (Å²) in [5.74, 6) is 0.633. The predicted molar refractivity (Wildman–Crippen MR) is 81.8 cm³/mol. The minimum Gasteiger partial charge on any atom is -0.306 e. The van der Waals surface area contributed by atoms with Crippen molar-refractivity contribution in [3.8, 4) is 11.4 Å². The summed E-state index contributed by atoms with van der Waals surface area (Å²) in [6.45, 7) is 7.73. The normalized spacial score (nSPS) is 11.1. The molecule has 2 rings (SSSR count). The van der Waals surface area contributed by atoms with Crippen molar-refractivity contribution in [1.82, 2.24) is 14.9 Å². The zero-order valence-corrected chi connectivity index (χ0v) is 12.5. The maximum atomic E-state index is 11.8. The van der Waals surface area contributed by atoms with E-state index < -0.39 is 0 Å². The molecule has 0 fully saturated rings. The zero-order chi connectivity index (χ0) is 14.7. The number of nitrogens with zero attached hydrogens (tertiary/aromatic N) is 2. The molecule has 0 bridgehead atoms. The molecule has 20 heavy (non-hydrogen) atoms. The molecule has 0 aliphatic rings. The van der Waals surface area contributed by atoms with Crippen LogP contribution in [-0.2, 0) is 6.54 Å². The van der Waals surface area contributed by atoms with Crippen molar-refractivity contribution >= 4 is 0 Å². The van der Waals surface area contributed by atoms with Gasteiger partial charge in [0, 0.05) is 23.4 Å². The minimum atomic E-state index is -0.0673. The molecule has 1 heterocycles. The fourth-order valence-electron chi connectivity index (χ4n) is 1.97. The van der Waals surface area contributed by atoms with E-state index in [1.54, 1.807) is 6.92 Å². The number of aromatic amines is 1. The Morgan fingerprint density at radius 3 is 2.40 bits per heavy atom. The zero-order valence-electron chi connectivity index (χ0n) is 12.5. The van der Waals surface area contributed by atoms with E-state index in [4.69, 9.17) is 0 Å². The van der Waals surface area contributed by atoms with Crippen molar-refractivity contribution in [3.63, 3.8) is 0 Å². The van der Waals surface area contributed by atoms with Crippen molar-refractivity contribution in [2.24, 2.45) is 0 Å². The van der Waals surface area contributed by atoms with Crippen LogP contribution >= 0.6 is 0 Å². The molecule has 0 spiro atoms. The molecule has 0 atom stereocenters. The van der Waals surface area contributed by atoms with Crippen molar-refractivity contribution in [1.29, 1.82) is 0 Å².